The van der Waals surface area contributed by atoms with Gasteiger partial charge in [0.25, 0.3) is 5.91 Å². The van der Waals surface area contributed by atoms with Crippen molar-refractivity contribution in [2.45, 2.75) is 25.8 Å². The second-order valence-corrected chi connectivity index (χ2v) is 5.61. The van der Waals surface area contributed by atoms with Gasteiger partial charge in [0.15, 0.2) is 0 Å². The molecule has 1 saturated heterocycles. The Labute approximate surface area is 120 Å². The molecule has 0 saturated carbocycles. The predicted molar refractivity (Wildman–Crippen MR) is 71.7 cm³/mol. The molecule has 0 aromatic carbocycles. The largest absolute Gasteiger partial charge is 0.480 e. The normalized spacial score (nSPS) is 23.4. The topological polar surface area (TPSA) is 73.4 Å². The third-order valence-corrected chi connectivity index (χ3v) is 4.06. The van der Waals surface area contributed by atoms with E-state index >= 15 is 0 Å². The van der Waals surface area contributed by atoms with Crippen LogP contribution in [-0.4, -0.2) is 39.5 Å². The van der Waals surface area contributed by atoms with Crippen molar-refractivity contribution in [3.05, 3.63) is 21.9 Å². The third-order valence-electron chi connectivity index (χ3n) is 3.37. The lowest BCUT2D eigenvalue weighted by molar-refractivity contribution is -0.144. The molecule has 1 aliphatic heterocycles. The molecule has 2 N–H and O–H groups in total. The Hall–Kier alpha value is -1.20. The Morgan fingerprint density at radius 3 is 2.68 bits per heavy atom. The number of carboxylic acid groups (broad SMARTS) is 1. The smallest absolute Gasteiger partial charge is 0.326 e. The number of piperidine rings is 1. The lowest BCUT2D eigenvalue weighted by Gasteiger charge is -2.35. The van der Waals surface area contributed by atoms with Gasteiger partial charge in [-0.2, -0.15) is 0 Å². The Kier molecular flexibility index (Phi) is 4.06. The van der Waals surface area contributed by atoms with Crippen LogP contribution in [0.15, 0.2) is 6.07 Å². The minimum atomic E-state index is -0.983. The molecule has 2 atom stereocenters. The highest BCUT2D eigenvalue weighted by Crippen LogP contribution is 2.27. The van der Waals surface area contributed by atoms with Crippen molar-refractivity contribution >= 4 is 35.1 Å². The zero-order valence-electron chi connectivity index (χ0n) is 10.3. The van der Waals surface area contributed by atoms with Crippen LogP contribution in [0.25, 0.3) is 0 Å². The number of hydrogen-bond acceptors (Lipinski definition) is 2. The summed E-state index contributed by atoms with van der Waals surface area (Å²) in [5.41, 5.74) is 0.218. The maximum Gasteiger partial charge on any atom is 0.326 e. The molecule has 104 valence electrons. The van der Waals surface area contributed by atoms with E-state index in [0.717, 1.165) is 6.42 Å². The van der Waals surface area contributed by atoms with E-state index in [4.69, 9.17) is 23.2 Å². The van der Waals surface area contributed by atoms with Crippen molar-refractivity contribution in [2.24, 2.45) is 5.92 Å². The van der Waals surface area contributed by atoms with E-state index in [9.17, 15) is 14.7 Å². The van der Waals surface area contributed by atoms with Gasteiger partial charge in [-0.15, -0.1) is 0 Å². The van der Waals surface area contributed by atoms with Gasteiger partial charge in [-0.3, -0.25) is 4.79 Å². The van der Waals surface area contributed by atoms with E-state index in [1.54, 1.807) is 0 Å². The van der Waals surface area contributed by atoms with E-state index in [-0.39, 0.29) is 21.8 Å². The number of carbonyl (C=O) groups excluding carboxylic acids is 1. The Morgan fingerprint density at radius 2 is 2.16 bits per heavy atom. The molecule has 2 heterocycles. The van der Waals surface area contributed by atoms with Crippen molar-refractivity contribution < 1.29 is 14.7 Å². The average Bonchev–Trinajstić information content (AvgIpc) is 2.68. The number of likely N-dealkylation sites (tertiary alicyclic amines) is 1. The molecule has 1 amide bonds. The summed E-state index contributed by atoms with van der Waals surface area (Å²) in [6.45, 7) is 2.41. The van der Waals surface area contributed by atoms with Gasteiger partial charge in [0.2, 0.25) is 0 Å². The third kappa shape index (κ3) is 2.87. The summed E-state index contributed by atoms with van der Waals surface area (Å²) in [7, 11) is 0. The number of rotatable bonds is 2. The number of nitrogens with zero attached hydrogens (tertiary/aromatic N) is 1. The first-order chi connectivity index (χ1) is 8.90. The molecular formula is C12H14Cl2N2O3. The van der Waals surface area contributed by atoms with Crippen molar-refractivity contribution in [2.75, 3.05) is 6.54 Å². The number of amides is 1. The fraction of sp³-hybridized carbons (Fsp3) is 0.500. The van der Waals surface area contributed by atoms with Crippen LogP contribution in [0.3, 0.4) is 0 Å². The zero-order chi connectivity index (χ0) is 14.2. The first kappa shape index (κ1) is 14.2. The second-order valence-electron chi connectivity index (χ2n) is 4.83. The molecule has 7 heteroatoms. The fourth-order valence-corrected chi connectivity index (χ4v) is 2.61. The number of aromatic amines is 1. The first-order valence-electron chi connectivity index (χ1n) is 5.98. The summed E-state index contributed by atoms with van der Waals surface area (Å²) >= 11 is 11.5. The molecule has 1 aromatic heterocycles. The molecule has 0 aliphatic carbocycles. The van der Waals surface area contributed by atoms with Crippen LogP contribution in [-0.2, 0) is 4.79 Å². The number of aliphatic carboxylic acids is 1. The van der Waals surface area contributed by atoms with Gasteiger partial charge in [0.1, 0.15) is 16.9 Å². The first-order valence-corrected chi connectivity index (χ1v) is 6.73. The second kappa shape index (κ2) is 5.43. The molecule has 1 fully saturated rings. The van der Waals surface area contributed by atoms with Gasteiger partial charge in [-0.05, 0) is 24.8 Å². The zero-order valence-corrected chi connectivity index (χ0v) is 11.8. The quantitative estimate of drug-likeness (QED) is 0.882. The van der Waals surface area contributed by atoms with Gasteiger partial charge in [0.05, 0.1) is 5.02 Å². The monoisotopic (exact) mass is 304 g/mol. The molecule has 5 nitrogen and oxygen atoms in total. The molecule has 2 rings (SSSR count). The lowest BCUT2D eigenvalue weighted by atomic mass is 9.92. The van der Waals surface area contributed by atoms with E-state index in [1.165, 1.54) is 11.0 Å². The van der Waals surface area contributed by atoms with Crippen molar-refractivity contribution in [1.29, 1.82) is 0 Å². The van der Waals surface area contributed by atoms with Gasteiger partial charge < -0.3 is 15.0 Å². The maximum absolute atomic E-state index is 12.3. The number of aromatic nitrogens is 1. The van der Waals surface area contributed by atoms with Crippen LogP contribution in [0, 0.1) is 5.92 Å². The van der Waals surface area contributed by atoms with Crippen molar-refractivity contribution in [3.8, 4) is 0 Å². The van der Waals surface area contributed by atoms with E-state index < -0.39 is 12.0 Å². The predicted octanol–water partition coefficient (Wildman–Crippen LogP) is 2.65. The minimum Gasteiger partial charge on any atom is -0.480 e. The van der Waals surface area contributed by atoms with Crippen molar-refractivity contribution in [1.82, 2.24) is 9.88 Å². The van der Waals surface area contributed by atoms with E-state index in [1.807, 2.05) is 6.92 Å². The molecule has 2 unspecified atom stereocenters. The Bertz CT molecular complexity index is 496. The van der Waals surface area contributed by atoms with Crippen molar-refractivity contribution in [3.63, 3.8) is 0 Å². The molecule has 1 aliphatic rings. The average molecular weight is 305 g/mol. The summed E-state index contributed by atoms with van der Waals surface area (Å²) in [5, 5.41) is 9.66. The highest BCUT2D eigenvalue weighted by atomic mass is 35.5. The van der Waals surface area contributed by atoms with Crippen LogP contribution in [0.2, 0.25) is 10.2 Å². The van der Waals surface area contributed by atoms with Crippen LogP contribution < -0.4 is 0 Å². The van der Waals surface area contributed by atoms with E-state index in [2.05, 4.69) is 4.98 Å². The number of H-pyrrole nitrogens is 1. The van der Waals surface area contributed by atoms with Gasteiger partial charge in [0, 0.05) is 6.54 Å². The lowest BCUT2D eigenvalue weighted by Crippen LogP contribution is -2.49. The Morgan fingerprint density at radius 1 is 1.47 bits per heavy atom. The molecule has 0 bridgehead atoms. The maximum atomic E-state index is 12.3. The minimum absolute atomic E-state index is 0.183. The number of nitrogens with one attached hydrogen (secondary N) is 1. The SMILES string of the molecule is CC1CCN(C(=O)c2cc(Cl)c(Cl)[nH]2)C(C(=O)O)C1. The van der Waals surface area contributed by atoms with Gasteiger partial charge in [-0.25, -0.2) is 4.79 Å². The van der Waals surface area contributed by atoms with Gasteiger partial charge in [-0.1, -0.05) is 30.1 Å². The summed E-state index contributed by atoms with van der Waals surface area (Å²) < 4.78 is 0. The standard InChI is InChI=1S/C12H14Cl2N2O3/c1-6-2-3-16(9(4-6)12(18)19)11(17)8-5-7(13)10(14)15-8/h5-6,9,15H,2-4H2,1H3,(H,18,19). The molecule has 1 aromatic rings. The Balaban J connectivity index is 2.23. The molecule has 0 radical (unpaired) electrons. The van der Waals surface area contributed by atoms with Crippen LogP contribution in [0.1, 0.15) is 30.3 Å². The van der Waals surface area contributed by atoms with Crippen LogP contribution in [0.4, 0.5) is 0 Å². The number of hydrogen-bond donors (Lipinski definition) is 2. The summed E-state index contributed by atoms with van der Waals surface area (Å²) in [6.07, 6.45) is 1.25. The highest BCUT2D eigenvalue weighted by molar-refractivity contribution is 6.41. The summed E-state index contributed by atoms with van der Waals surface area (Å²) in [4.78, 5) is 27.6. The van der Waals surface area contributed by atoms with Crippen LogP contribution >= 0.6 is 23.2 Å². The molecule has 0 spiro atoms. The summed E-state index contributed by atoms with van der Waals surface area (Å²) in [5.74, 6) is -1.07. The molecular weight excluding hydrogens is 291 g/mol. The summed E-state index contributed by atoms with van der Waals surface area (Å²) in [6, 6.07) is 0.625. The fourth-order valence-electron chi connectivity index (χ4n) is 2.29. The number of carbonyl (C=O) groups is 2. The van der Waals surface area contributed by atoms with E-state index in [0.29, 0.717) is 18.9 Å². The number of halogens is 2. The van der Waals surface area contributed by atoms with Crippen LogP contribution in [0.5, 0.6) is 0 Å². The highest BCUT2D eigenvalue weighted by Gasteiger charge is 2.35. The van der Waals surface area contributed by atoms with Gasteiger partial charge >= 0.3 is 5.97 Å². The molecule has 19 heavy (non-hydrogen) atoms. The number of carboxylic acids is 1.